The van der Waals surface area contributed by atoms with Crippen LogP contribution in [0.3, 0.4) is 0 Å². The van der Waals surface area contributed by atoms with Crippen LogP contribution in [0.2, 0.25) is 0 Å². The molecular formula is C55H84N2O9. The number of carbonyl (C=O) groups is 1. The van der Waals surface area contributed by atoms with E-state index in [9.17, 15) is 20.1 Å². The molecule has 1 saturated carbocycles. The average molecular weight is 917 g/mol. The van der Waals surface area contributed by atoms with Crippen molar-refractivity contribution < 1.29 is 43.9 Å². The van der Waals surface area contributed by atoms with Crippen molar-refractivity contribution in [3.05, 3.63) is 77.4 Å². The van der Waals surface area contributed by atoms with Gasteiger partial charge in [-0.25, -0.2) is 0 Å². The lowest BCUT2D eigenvalue weighted by Crippen LogP contribution is -2.70. The van der Waals surface area contributed by atoms with Gasteiger partial charge in [-0.2, -0.15) is 0 Å². The molecule has 0 radical (unpaired) electrons. The second kappa shape index (κ2) is 26.7. The topological polar surface area (TPSA) is 140 Å². The Bertz CT molecular complexity index is 1870. The van der Waals surface area contributed by atoms with Gasteiger partial charge < -0.3 is 44.0 Å². The Balaban J connectivity index is 1.68. The van der Waals surface area contributed by atoms with Gasteiger partial charge in [0, 0.05) is 44.1 Å². The van der Waals surface area contributed by atoms with Crippen molar-refractivity contribution in [3.63, 3.8) is 0 Å². The summed E-state index contributed by atoms with van der Waals surface area (Å²) < 4.78 is 27.2. The van der Waals surface area contributed by atoms with E-state index in [-0.39, 0.29) is 69.8 Å². The molecule has 2 aliphatic carbocycles. The molecule has 1 fully saturated rings. The van der Waals surface area contributed by atoms with Crippen molar-refractivity contribution in [1.82, 2.24) is 4.90 Å². The first-order valence-corrected chi connectivity index (χ1v) is 25.4. The van der Waals surface area contributed by atoms with Crippen LogP contribution in [0, 0.1) is 31.6 Å². The van der Waals surface area contributed by atoms with Crippen LogP contribution in [0.5, 0.6) is 17.2 Å². The fourth-order valence-electron chi connectivity index (χ4n) is 10.3. The third-order valence-electron chi connectivity index (χ3n) is 13.7. The molecule has 11 nitrogen and oxygen atoms in total. The molecule has 6 atom stereocenters. The minimum Gasteiger partial charge on any atom is -0.459 e. The number of fused-ring (bicyclic) bond motifs is 2. The van der Waals surface area contributed by atoms with Crippen molar-refractivity contribution in [1.29, 1.82) is 0 Å². The predicted molar refractivity (Wildman–Crippen MR) is 263 cm³/mol. The first-order valence-electron chi connectivity index (χ1n) is 25.4. The number of ether oxygens (including phenoxy) is 4. The summed E-state index contributed by atoms with van der Waals surface area (Å²) in [5, 5.41) is 34.7. The zero-order valence-corrected chi connectivity index (χ0v) is 41.4. The Hall–Kier alpha value is -3.74. The number of aliphatic hydroxyl groups is 3. The lowest BCUT2D eigenvalue weighted by molar-refractivity contribution is -0.258. The first kappa shape index (κ1) is 53.2. The van der Waals surface area contributed by atoms with Gasteiger partial charge in [-0.3, -0.25) is 4.79 Å². The maximum absolute atomic E-state index is 15.0. The SMILES string of the molecule is C=CCO[C@@]12Oc3ccc(Oc4ccc(C)c(C)c4)cc3[C@H]3[C@H](CCCCO)[C@@H](CCCCO)C=C(C(=NOC(C)(C)C)C[C@@H]1N(CCOCCO)C(=O)CCCCCCCCCCC)[C@H]32. The van der Waals surface area contributed by atoms with E-state index >= 15 is 0 Å². The summed E-state index contributed by atoms with van der Waals surface area (Å²) in [6.45, 7) is 17.4. The smallest absolute Gasteiger partial charge is 0.239 e. The lowest BCUT2D eigenvalue weighted by Gasteiger charge is -2.60. The Kier molecular flexibility index (Phi) is 21.5. The molecule has 0 aromatic heterocycles. The van der Waals surface area contributed by atoms with E-state index in [2.05, 4.69) is 51.6 Å². The van der Waals surface area contributed by atoms with E-state index in [0.717, 1.165) is 73.1 Å². The zero-order valence-electron chi connectivity index (χ0n) is 41.4. The third kappa shape index (κ3) is 14.4. The summed E-state index contributed by atoms with van der Waals surface area (Å²) in [5.41, 5.74) is 4.50. The largest absolute Gasteiger partial charge is 0.459 e. The molecule has 66 heavy (non-hydrogen) atoms. The molecular weight excluding hydrogens is 833 g/mol. The van der Waals surface area contributed by atoms with Gasteiger partial charge in [0.2, 0.25) is 11.7 Å². The summed E-state index contributed by atoms with van der Waals surface area (Å²) in [7, 11) is 0. The minimum atomic E-state index is -1.37. The maximum atomic E-state index is 15.0. The molecule has 3 aliphatic rings. The number of carbonyl (C=O) groups excluding carboxylic acids is 1. The van der Waals surface area contributed by atoms with Crippen LogP contribution in [-0.4, -0.2) is 95.5 Å². The highest BCUT2D eigenvalue weighted by Gasteiger charge is 2.65. The van der Waals surface area contributed by atoms with Crippen LogP contribution in [0.25, 0.3) is 0 Å². The lowest BCUT2D eigenvalue weighted by atomic mass is 9.55. The fourth-order valence-corrected chi connectivity index (χ4v) is 10.3. The fraction of sp³-hybridized carbons (Fsp3) is 0.673. The van der Waals surface area contributed by atoms with E-state index in [1.165, 1.54) is 44.1 Å². The summed E-state index contributed by atoms with van der Waals surface area (Å²) >= 11 is 0. The van der Waals surface area contributed by atoms with Crippen molar-refractivity contribution in [2.24, 2.45) is 22.9 Å². The van der Waals surface area contributed by atoms with E-state index in [4.69, 9.17) is 28.9 Å². The number of aliphatic hydroxyl groups excluding tert-OH is 3. The molecule has 0 spiro atoms. The number of rotatable bonds is 30. The quantitative estimate of drug-likeness (QED) is 0.0397. The van der Waals surface area contributed by atoms with Gasteiger partial charge in [-0.15, -0.1) is 6.58 Å². The molecule has 11 heteroatoms. The van der Waals surface area contributed by atoms with Gasteiger partial charge in [0.05, 0.1) is 38.1 Å². The van der Waals surface area contributed by atoms with Crippen molar-refractivity contribution in [2.45, 2.75) is 174 Å². The van der Waals surface area contributed by atoms with Gasteiger partial charge >= 0.3 is 0 Å². The maximum Gasteiger partial charge on any atom is 0.239 e. The number of hydrogen-bond acceptors (Lipinski definition) is 10. The molecule has 0 unspecified atom stereocenters. The van der Waals surface area contributed by atoms with Crippen LogP contribution >= 0.6 is 0 Å². The standard InChI is InChI=1S/C55H84N2O9/c1-8-10-11-12-13-14-15-16-17-24-51(61)57(29-34-62-35-32-60)50-39-48(56-66-54(5,6)7)46-37-42(22-18-20-30-58)45(23-19-21-31-59)52-47-38-44(64-43-26-25-40(3)41(4)36-43)27-28-49(47)65-55(50,53(46)52)63-33-9-2/h9,25-28,36-38,42,45,50,52-53,58-60H,2,8,10-24,29-35,39H2,1,3-7H3/t42-,45+,50-,52+,53+,55+/m0/s1. The average Bonchev–Trinajstić information content (AvgIpc) is 3.29. The van der Waals surface area contributed by atoms with Crippen LogP contribution < -0.4 is 9.47 Å². The van der Waals surface area contributed by atoms with Crippen LogP contribution in [-0.2, 0) is 19.1 Å². The summed E-state index contributed by atoms with van der Waals surface area (Å²) in [6, 6.07) is 11.6. The number of allylic oxidation sites excluding steroid dienone is 1. The van der Waals surface area contributed by atoms with Gasteiger partial charge in [-0.05, 0) is 126 Å². The highest BCUT2D eigenvalue weighted by atomic mass is 16.7. The molecule has 3 N–H and O–H groups in total. The van der Waals surface area contributed by atoms with Crippen LogP contribution in [0.4, 0.5) is 0 Å². The third-order valence-corrected chi connectivity index (χ3v) is 13.7. The van der Waals surface area contributed by atoms with E-state index in [0.29, 0.717) is 37.2 Å². The first-order chi connectivity index (χ1) is 31.9. The molecule has 1 aliphatic heterocycles. The Morgan fingerprint density at radius 3 is 2.21 bits per heavy atom. The molecule has 2 aromatic carbocycles. The molecule has 0 saturated heterocycles. The van der Waals surface area contributed by atoms with E-state index < -0.39 is 23.3 Å². The number of nitrogens with zero attached hydrogens (tertiary/aromatic N) is 2. The number of oxime groups is 1. The molecule has 5 rings (SSSR count). The summed E-state index contributed by atoms with van der Waals surface area (Å²) in [4.78, 5) is 23.2. The highest BCUT2D eigenvalue weighted by Crippen LogP contribution is 2.62. The summed E-state index contributed by atoms with van der Waals surface area (Å²) in [6.07, 6.45) is 19.9. The molecule has 0 bridgehead atoms. The number of hydrogen-bond donors (Lipinski definition) is 3. The zero-order chi connectivity index (χ0) is 47.5. The number of aryl methyl sites for hydroxylation is 2. The normalized spacial score (nSPS) is 22.8. The number of amides is 1. The molecule has 368 valence electrons. The van der Waals surface area contributed by atoms with Gasteiger partial charge in [-0.1, -0.05) is 94.5 Å². The van der Waals surface area contributed by atoms with E-state index in [1.54, 1.807) is 6.08 Å². The second-order valence-corrected chi connectivity index (χ2v) is 19.8. The minimum absolute atomic E-state index is 0.000845. The monoisotopic (exact) mass is 917 g/mol. The second-order valence-electron chi connectivity index (χ2n) is 19.8. The Labute approximate surface area is 397 Å². The van der Waals surface area contributed by atoms with Crippen molar-refractivity contribution in [2.75, 3.05) is 46.2 Å². The van der Waals surface area contributed by atoms with Crippen LogP contribution in [0.1, 0.15) is 159 Å². The van der Waals surface area contributed by atoms with Crippen LogP contribution in [0.15, 0.2) is 65.9 Å². The van der Waals surface area contributed by atoms with Gasteiger partial charge in [0.15, 0.2) is 0 Å². The predicted octanol–water partition coefficient (Wildman–Crippen LogP) is 11.3. The van der Waals surface area contributed by atoms with Crippen molar-refractivity contribution in [3.8, 4) is 17.2 Å². The molecule has 1 heterocycles. The molecule has 2 aromatic rings. The highest BCUT2D eigenvalue weighted by molar-refractivity contribution is 6.03. The summed E-state index contributed by atoms with van der Waals surface area (Å²) in [5.74, 6) is 0.323. The van der Waals surface area contributed by atoms with Gasteiger partial charge in [0.25, 0.3) is 0 Å². The Morgan fingerprint density at radius 1 is 0.864 bits per heavy atom. The van der Waals surface area contributed by atoms with E-state index in [1.807, 2.05) is 43.9 Å². The van der Waals surface area contributed by atoms with Gasteiger partial charge in [0.1, 0.15) is 28.9 Å². The molecule has 1 amide bonds. The number of benzene rings is 2. The van der Waals surface area contributed by atoms with Crippen molar-refractivity contribution >= 4 is 11.6 Å². The number of unbranched alkanes of at least 4 members (excludes halogenated alkanes) is 10. The Morgan fingerprint density at radius 2 is 1.55 bits per heavy atom.